The minimum Gasteiger partial charge on any atom is -0.454 e. The van der Waals surface area contributed by atoms with Gasteiger partial charge in [0.1, 0.15) is 5.60 Å². The van der Waals surface area contributed by atoms with Crippen LogP contribution in [0.2, 0.25) is 0 Å². The number of rotatable bonds is 4. The second-order valence-corrected chi connectivity index (χ2v) is 6.78. The molecule has 3 N–H and O–H groups in total. The molecule has 1 atom stereocenters. The largest absolute Gasteiger partial charge is 0.454 e. The maximum absolute atomic E-state index is 12.1. The molecule has 0 bridgehead atoms. The van der Waals surface area contributed by atoms with Gasteiger partial charge in [0, 0.05) is 5.69 Å². The van der Waals surface area contributed by atoms with Gasteiger partial charge < -0.3 is 25.2 Å². The zero-order chi connectivity index (χ0) is 19.6. The molecule has 1 aliphatic heterocycles. The number of aryl methyl sites for hydroxylation is 2. The molecular weight excluding hydrogens is 348 g/mol. The fraction of sp³-hybridized carbons (Fsp3) is 0.300. The molecule has 0 radical (unpaired) electrons. The van der Waals surface area contributed by atoms with Crippen molar-refractivity contribution in [3.8, 4) is 11.5 Å². The summed E-state index contributed by atoms with van der Waals surface area (Å²) in [5.74, 6) is -0.480. The highest BCUT2D eigenvalue weighted by Gasteiger charge is 2.27. The predicted octanol–water partition coefficient (Wildman–Crippen LogP) is 1.99. The first-order chi connectivity index (χ1) is 12.8. The molecule has 1 unspecified atom stereocenters. The van der Waals surface area contributed by atoms with E-state index in [-0.39, 0.29) is 13.3 Å². The topological polar surface area (TPSA) is 96.9 Å². The molecule has 0 fully saturated rings. The van der Waals surface area contributed by atoms with Gasteiger partial charge in [-0.3, -0.25) is 9.59 Å². The SMILES string of the molecule is Cc1ccc(NC(=O)C(=O)NCC(C)(O)c2ccc3c(c2)OCO3)cc1C. The molecule has 142 valence electrons. The third-order valence-electron chi connectivity index (χ3n) is 4.56. The van der Waals surface area contributed by atoms with Gasteiger partial charge in [-0.15, -0.1) is 0 Å². The number of carbonyl (C=O) groups is 2. The number of anilines is 1. The van der Waals surface area contributed by atoms with Gasteiger partial charge in [0.15, 0.2) is 11.5 Å². The van der Waals surface area contributed by atoms with E-state index in [1.165, 1.54) is 0 Å². The van der Waals surface area contributed by atoms with E-state index in [1.54, 1.807) is 37.3 Å². The second kappa shape index (κ2) is 7.28. The summed E-state index contributed by atoms with van der Waals surface area (Å²) in [5, 5.41) is 15.7. The Morgan fingerprint density at radius 3 is 2.52 bits per heavy atom. The Hall–Kier alpha value is -3.06. The van der Waals surface area contributed by atoms with Crippen LogP contribution in [0.1, 0.15) is 23.6 Å². The summed E-state index contributed by atoms with van der Waals surface area (Å²) in [6.07, 6.45) is 0. The van der Waals surface area contributed by atoms with E-state index in [1.807, 2.05) is 19.9 Å². The van der Waals surface area contributed by atoms with E-state index in [0.717, 1.165) is 11.1 Å². The van der Waals surface area contributed by atoms with Crippen LogP contribution in [-0.2, 0) is 15.2 Å². The number of nitrogens with one attached hydrogen (secondary N) is 2. The van der Waals surface area contributed by atoms with Gasteiger partial charge in [0.05, 0.1) is 6.54 Å². The molecule has 2 aromatic rings. The molecule has 7 heteroatoms. The molecule has 2 aromatic carbocycles. The number of aliphatic hydroxyl groups is 1. The van der Waals surface area contributed by atoms with Crippen LogP contribution in [0.25, 0.3) is 0 Å². The lowest BCUT2D eigenvalue weighted by Gasteiger charge is -2.24. The highest BCUT2D eigenvalue weighted by Crippen LogP contribution is 2.35. The van der Waals surface area contributed by atoms with Gasteiger partial charge in [-0.1, -0.05) is 12.1 Å². The molecule has 27 heavy (non-hydrogen) atoms. The first-order valence-corrected chi connectivity index (χ1v) is 8.55. The summed E-state index contributed by atoms with van der Waals surface area (Å²) >= 11 is 0. The normalized spacial score (nSPS) is 14.4. The molecule has 2 amide bonds. The number of ether oxygens (including phenoxy) is 2. The number of benzene rings is 2. The molecule has 7 nitrogen and oxygen atoms in total. The predicted molar refractivity (Wildman–Crippen MR) is 99.7 cm³/mol. The molecule has 1 heterocycles. The second-order valence-electron chi connectivity index (χ2n) is 6.78. The molecule has 0 saturated heterocycles. The van der Waals surface area contributed by atoms with Crippen molar-refractivity contribution in [1.29, 1.82) is 0 Å². The maximum atomic E-state index is 12.1. The average molecular weight is 370 g/mol. The van der Waals surface area contributed by atoms with Crippen LogP contribution >= 0.6 is 0 Å². The van der Waals surface area contributed by atoms with E-state index in [9.17, 15) is 14.7 Å². The summed E-state index contributed by atoms with van der Waals surface area (Å²) in [7, 11) is 0. The fourth-order valence-electron chi connectivity index (χ4n) is 2.67. The van der Waals surface area contributed by atoms with Crippen LogP contribution in [0, 0.1) is 13.8 Å². The van der Waals surface area contributed by atoms with Gasteiger partial charge >= 0.3 is 11.8 Å². The molecular formula is C20H22N2O5. The summed E-state index contributed by atoms with van der Waals surface area (Å²) < 4.78 is 10.5. The van der Waals surface area contributed by atoms with Crippen molar-refractivity contribution in [3.05, 3.63) is 53.1 Å². The minimum atomic E-state index is -1.38. The number of fused-ring (bicyclic) bond motifs is 1. The number of amides is 2. The third-order valence-corrected chi connectivity index (χ3v) is 4.56. The quantitative estimate of drug-likeness (QED) is 0.715. The Morgan fingerprint density at radius 1 is 1.04 bits per heavy atom. The lowest BCUT2D eigenvalue weighted by atomic mass is 9.95. The van der Waals surface area contributed by atoms with Crippen molar-refractivity contribution >= 4 is 17.5 Å². The van der Waals surface area contributed by atoms with Crippen LogP contribution in [-0.4, -0.2) is 30.3 Å². The minimum absolute atomic E-state index is 0.133. The molecule has 0 aliphatic carbocycles. The molecule has 0 saturated carbocycles. The van der Waals surface area contributed by atoms with E-state index in [0.29, 0.717) is 22.7 Å². The van der Waals surface area contributed by atoms with Crippen molar-refractivity contribution in [2.24, 2.45) is 0 Å². The number of carbonyl (C=O) groups excluding carboxylic acids is 2. The Kier molecular flexibility index (Phi) is 5.05. The van der Waals surface area contributed by atoms with Crippen molar-refractivity contribution in [2.45, 2.75) is 26.4 Å². The maximum Gasteiger partial charge on any atom is 0.313 e. The zero-order valence-electron chi connectivity index (χ0n) is 15.5. The standard InChI is InChI=1S/C20H22N2O5/c1-12-4-6-15(8-13(12)2)22-19(24)18(23)21-10-20(3,25)14-5-7-16-17(9-14)27-11-26-16/h4-9,25H,10-11H2,1-3H3,(H,21,23)(H,22,24). The van der Waals surface area contributed by atoms with Gasteiger partial charge in [0.2, 0.25) is 6.79 Å². The van der Waals surface area contributed by atoms with E-state index in [4.69, 9.17) is 9.47 Å². The van der Waals surface area contributed by atoms with Crippen molar-refractivity contribution in [3.63, 3.8) is 0 Å². The summed E-state index contributed by atoms with van der Waals surface area (Å²) in [6, 6.07) is 10.4. The smallest absolute Gasteiger partial charge is 0.313 e. The molecule has 1 aliphatic rings. The van der Waals surface area contributed by atoms with E-state index < -0.39 is 17.4 Å². The Balaban J connectivity index is 1.60. The Morgan fingerprint density at radius 2 is 1.78 bits per heavy atom. The average Bonchev–Trinajstić information content (AvgIpc) is 3.10. The van der Waals surface area contributed by atoms with Gasteiger partial charge in [0.25, 0.3) is 0 Å². The monoisotopic (exact) mass is 370 g/mol. The Labute approximate surface area is 157 Å². The Bertz CT molecular complexity index is 892. The van der Waals surface area contributed by atoms with E-state index in [2.05, 4.69) is 10.6 Å². The van der Waals surface area contributed by atoms with Crippen LogP contribution in [0.5, 0.6) is 11.5 Å². The van der Waals surface area contributed by atoms with Crippen molar-refractivity contribution in [1.82, 2.24) is 5.32 Å². The third kappa shape index (κ3) is 4.20. The number of hydrogen-bond donors (Lipinski definition) is 3. The van der Waals surface area contributed by atoms with E-state index >= 15 is 0 Å². The lowest BCUT2D eigenvalue weighted by molar-refractivity contribution is -0.136. The fourth-order valence-corrected chi connectivity index (χ4v) is 2.67. The number of hydrogen-bond acceptors (Lipinski definition) is 5. The molecule has 0 spiro atoms. The molecule has 0 aromatic heterocycles. The first-order valence-electron chi connectivity index (χ1n) is 8.55. The van der Waals surface area contributed by atoms with Crippen LogP contribution in [0.4, 0.5) is 5.69 Å². The highest BCUT2D eigenvalue weighted by molar-refractivity contribution is 6.39. The highest BCUT2D eigenvalue weighted by atomic mass is 16.7. The summed E-state index contributed by atoms with van der Waals surface area (Å²) in [4.78, 5) is 24.2. The molecule has 3 rings (SSSR count). The summed E-state index contributed by atoms with van der Waals surface area (Å²) in [5.41, 5.74) is 1.82. The van der Waals surface area contributed by atoms with Crippen molar-refractivity contribution in [2.75, 3.05) is 18.7 Å². The van der Waals surface area contributed by atoms with Crippen LogP contribution in [0.3, 0.4) is 0 Å². The van der Waals surface area contributed by atoms with Crippen LogP contribution < -0.4 is 20.1 Å². The lowest BCUT2D eigenvalue weighted by Crippen LogP contribution is -2.43. The van der Waals surface area contributed by atoms with Gasteiger partial charge in [-0.25, -0.2) is 0 Å². The van der Waals surface area contributed by atoms with Gasteiger partial charge in [-0.2, -0.15) is 0 Å². The van der Waals surface area contributed by atoms with Crippen molar-refractivity contribution < 1.29 is 24.2 Å². The van der Waals surface area contributed by atoms with Gasteiger partial charge in [-0.05, 0) is 61.7 Å². The zero-order valence-corrected chi connectivity index (χ0v) is 15.5. The first kappa shape index (κ1) is 18.7. The summed E-state index contributed by atoms with van der Waals surface area (Å²) in [6.45, 7) is 5.44. The van der Waals surface area contributed by atoms with Crippen LogP contribution in [0.15, 0.2) is 36.4 Å².